The maximum absolute atomic E-state index is 11.5. The molecule has 0 fully saturated rings. The van der Waals surface area contributed by atoms with Gasteiger partial charge in [-0.1, -0.05) is 0 Å². The molecule has 1 aromatic carbocycles. The minimum absolute atomic E-state index is 0.305. The first-order chi connectivity index (χ1) is 8.22. The second kappa shape index (κ2) is 6.81. The predicted octanol–water partition coefficient (Wildman–Crippen LogP) is 3.17. The molecule has 0 unspecified atom stereocenters. The van der Waals surface area contributed by atoms with E-state index in [0.29, 0.717) is 22.8 Å². The number of carbonyl (C=O) groups excluding carboxylic acids is 1. The molecule has 4 nitrogen and oxygen atoms in total. The first kappa shape index (κ1) is 13.4. The van der Waals surface area contributed by atoms with E-state index in [1.165, 1.54) is 0 Å². The lowest BCUT2D eigenvalue weighted by Gasteiger charge is -2.04. The van der Waals surface area contributed by atoms with Crippen LogP contribution < -0.4 is 0 Å². The van der Waals surface area contributed by atoms with Gasteiger partial charge in [-0.15, -0.1) is 0 Å². The number of nitriles is 1. The number of thiocyanates is 1. The van der Waals surface area contributed by atoms with Gasteiger partial charge in [-0.3, -0.25) is 0 Å². The van der Waals surface area contributed by atoms with Crippen molar-refractivity contribution in [3.63, 3.8) is 0 Å². The van der Waals surface area contributed by atoms with Gasteiger partial charge in [0, 0.05) is 4.90 Å². The Bertz CT molecular complexity index is 517. The number of hydrogen-bond donors (Lipinski definition) is 0. The summed E-state index contributed by atoms with van der Waals surface area (Å²) in [6.07, 6.45) is 0. The lowest BCUT2D eigenvalue weighted by Crippen LogP contribution is -2.04. The molecule has 0 radical (unpaired) electrons. The highest BCUT2D eigenvalue weighted by molar-refractivity contribution is 8.03. The van der Waals surface area contributed by atoms with Crippen molar-refractivity contribution in [3.8, 4) is 5.40 Å². The Balaban J connectivity index is 3.13. The van der Waals surface area contributed by atoms with Gasteiger partial charge in [-0.2, -0.15) is 10.3 Å². The summed E-state index contributed by atoms with van der Waals surface area (Å²) in [4.78, 5) is 15.9. The van der Waals surface area contributed by atoms with E-state index in [1.807, 2.05) is 5.40 Å². The summed E-state index contributed by atoms with van der Waals surface area (Å²) in [5, 5.41) is 12.8. The van der Waals surface area contributed by atoms with Gasteiger partial charge in [0.2, 0.25) is 0 Å². The number of isothiocyanates is 1. The molecule has 1 aromatic rings. The molecule has 0 aliphatic rings. The van der Waals surface area contributed by atoms with Gasteiger partial charge in [0.05, 0.1) is 23.0 Å². The summed E-state index contributed by atoms with van der Waals surface area (Å²) in [6, 6.07) is 4.73. The first-order valence-corrected chi connectivity index (χ1v) is 5.90. The second-order valence-electron chi connectivity index (χ2n) is 2.80. The van der Waals surface area contributed by atoms with Crippen LogP contribution in [0.25, 0.3) is 0 Å². The molecule has 0 atom stereocenters. The molecule has 0 saturated heterocycles. The van der Waals surface area contributed by atoms with Crippen molar-refractivity contribution in [2.24, 2.45) is 4.99 Å². The number of thioether (sulfide) groups is 1. The maximum Gasteiger partial charge on any atom is 0.338 e. The Labute approximate surface area is 108 Å². The molecule has 0 N–H and O–H groups in total. The van der Waals surface area contributed by atoms with Crippen molar-refractivity contribution < 1.29 is 9.53 Å². The summed E-state index contributed by atoms with van der Waals surface area (Å²) >= 11 is 5.41. The number of esters is 1. The zero-order valence-corrected chi connectivity index (χ0v) is 10.6. The van der Waals surface area contributed by atoms with Crippen molar-refractivity contribution in [2.75, 3.05) is 6.61 Å². The Morgan fingerprint density at radius 2 is 2.41 bits per heavy atom. The molecular formula is C11H8N2O2S2. The second-order valence-corrected chi connectivity index (χ2v) is 3.81. The van der Waals surface area contributed by atoms with Gasteiger partial charge in [-0.05, 0) is 49.1 Å². The molecule has 86 valence electrons. The fraction of sp³-hybridized carbons (Fsp3) is 0.182. The van der Waals surface area contributed by atoms with Gasteiger partial charge in [-0.25, -0.2) is 4.79 Å². The van der Waals surface area contributed by atoms with Crippen molar-refractivity contribution >= 4 is 40.8 Å². The number of ether oxygens (including phenoxy) is 1. The fourth-order valence-corrected chi connectivity index (χ4v) is 1.73. The SMILES string of the molecule is CCOC(=O)c1ccc(N=C=S)c(SC#N)c1. The molecule has 0 aliphatic carbocycles. The van der Waals surface area contributed by atoms with Crippen molar-refractivity contribution in [1.29, 1.82) is 5.26 Å². The van der Waals surface area contributed by atoms with Gasteiger partial charge < -0.3 is 4.74 Å². The number of aliphatic imine (C=N–C) groups is 1. The largest absolute Gasteiger partial charge is 0.462 e. The number of carbonyl (C=O) groups is 1. The normalized spacial score (nSPS) is 8.94. The molecule has 0 heterocycles. The average Bonchev–Trinajstić information content (AvgIpc) is 2.32. The quantitative estimate of drug-likeness (QED) is 0.275. The summed E-state index contributed by atoms with van der Waals surface area (Å²) in [5.74, 6) is -0.426. The van der Waals surface area contributed by atoms with Gasteiger partial charge in [0.1, 0.15) is 5.40 Å². The third kappa shape index (κ3) is 3.68. The zero-order chi connectivity index (χ0) is 12.7. The first-order valence-electron chi connectivity index (χ1n) is 4.68. The third-order valence-corrected chi connectivity index (χ3v) is 2.52. The van der Waals surface area contributed by atoms with Crippen LogP contribution in [0.15, 0.2) is 28.1 Å². The van der Waals surface area contributed by atoms with Crippen LogP contribution in [0.1, 0.15) is 17.3 Å². The minimum atomic E-state index is -0.426. The van der Waals surface area contributed by atoms with Crippen molar-refractivity contribution in [3.05, 3.63) is 23.8 Å². The standard InChI is InChI=1S/C11H8N2O2S2/c1-2-15-11(14)8-3-4-9(13-7-16)10(5-8)17-6-12/h3-5H,2H2,1H3. The van der Waals surface area contributed by atoms with E-state index in [2.05, 4.69) is 22.4 Å². The van der Waals surface area contributed by atoms with E-state index in [4.69, 9.17) is 10.00 Å². The molecule has 0 saturated carbocycles. The zero-order valence-electron chi connectivity index (χ0n) is 8.97. The van der Waals surface area contributed by atoms with Crippen LogP contribution in [0, 0.1) is 10.7 Å². The highest BCUT2D eigenvalue weighted by atomic mass is 32.2. The summed E-state index contributed by atoms with van der Waals surface area (Å²) in [7, 11) is 0. The Morgan fingerprint density at radius 3 is 3.00 bits per heavy atom. The summed E-state index contributed by atoms with van der Waals surface area (Å²) < 4.78 is 4.86. The van der Waals surface area contributed by atoms with Gasteiger partial charge in [0.25, 0.3) is 0 Å². The lowest BCUT2D eigenvalue weighted by atomic mass is 10.2. The van der Waals surface area contributed by atoms with E-state index in [-0.39, 0.29) is 0 Å². The van der Waals surface area contributed by atoms with E-state index >= 15 is 0 Å². The van der Waals surface area contributed by atoms with Crippen LogP contribution >= 0.6 is 24.0 Å². The van der Waals surface area contributed by atoms with E-state index in [1.54, 1.807) is 25.1 Å². The molecule has 0 bridgehead atoms. The topological polar surface area (TPSA) is 62.4 Å². The van der Waals surface area contributed by atoms with E-state index in [0.717, 1.165) is 11.8 Å². The number of thiocarbonyl (C=S) groups is 1. The number of hydrogen-bond acceptors (Lipinski definition) is 6. The molecule has 0 aliphatic heterocycles. The Kier molecular flexibility index (Phi) is 5.37. The summed E-state index contributed by atoms with van der Waals surface area (Å²) in [5.41, 5.74) is 0.896. The summed E-state index contributed by atoms with van der Waals surface area (Å²) in [6.45, 7) is 2.03. The number of rotatable bonds is 4. The highest BCUT2D eigenvalue weighted by Gasteiger charge is 2.10. The van der Waals surface area contributed by atoms with Crippen molar-refractivity contribution in [2.45, 2.75) is 11.8 Å². The Morgan fingerprint density at radius 1 is 1.65 bits per heavy atom. The van der Waals surface area contributed by atoms with Crippen LogP contribution in [-0.4, -0.2) is 17.7 Å². The van der Waals surface area contributed by atoms with Crippen LogP contribution in [0.4, 0.5) is 5.69 Å². The van der Waals surface area contributed by atoms with Gasteiger partial charge in [0.15, 0.2) is 0 Å². The number of benzene rings is 1. The van der Waals surface area contributed by atoms with E-state index in [9.17, 15) is 4.79 Å². The van der Waals surface area contributed by atoms with Crippen LogP contribution in [0.3, 0.4) is 0 Å². The maximum atomic E-state index is 11.5. The van der Waals surface area contributed by atoms with E-state index < -0.39 is 5.97 Å². The van der Waals surface area contributed by atoms with Gasteiger partial charge >= 0.3 is 5.97 Å². The molecular weight excluding hydrogens is 256 g/mol. The molecule has 0 spiro atoms. The smallest absolute Gasteiger partial charge is 0.338 e. The third-order valence-electron chi connectivity index (χ3n) is 1.79. The van der Waals surface area contributed by atoms with Crippen molar-refractivity contribution in [1.82, 2.24) is 0 Å². The number of nitrogens with zero attached hydrogens (tertiary/aromatic N) is 2. The van der Waals surface area contributed by atoms with Crippen LogP contribution in [0.2, 0.25) is 0 Å². The average molecular weight is 264 g/mol. The van der Waals surface area contributed by atoms with Crippen LogP contribution in [0.5, 0.6) is 0 Å². The fourth-order valence-electron chi connectivity index (χ4n) is 1.13. The molecule has 0 amide bonds. The molecule has 0 aromatic heterocycles. The molecule has 6 heteroatoms. The van der Waals surface area contributed by atoms with Crippen LogP contribution in [-0.2, 0) is 4.74 Å². The molecule has 17 heavy (non-hydrogen) atoms. The monoisotopic (exact) mass is 264 g/mol. The molecule has 1 rings (SSSR count). The lowest BCUT2D eigenvalue weighted by molar-refractivity contribution is 0.0526. The predicted molar refractivity (Wildman–Crippen MR) is 68.6 cm³/mol. The Hall–Kier alpha value is -1.67. The highest BCUT2D eigenvalue weighted by Crippen LogP contribution is 2.29. The minimum Gasteiger partial charge on any atom is -0.462 e.